The summed E-state index contributed by atoms with van der Waals surface area (Å²) in [6.45, 7) is 10.1. The van der Waals surface area contributed by atoms with Gasteiger partial charge in [-0.05, 0) is 26.7 Å². The van der Waals surface area contributed by atoms with Gasteiger partial charge in [0.05, 0.1) is 5.60 Å². The number of piperidine rings is 1. The molecule has 3 nitrogen and oxygen atoms in total. The highest BCUT2D eigenvalue weighted by Crippen LogP contribution is 2.25. The van der Waals surface area contributed by atoms with Crippen molar-refractivity contribution in [1.29, 1.82) is 0 Å². The summed E-state index contributed by atoms with van der Waals surface area (Å²) in [5.74, 6) is 0.236. The van der Waals surface area contributed by atoms with Gasteiger partial charge in [0.1, 0.15) is 5.78 Å². The quantitative estimate of drug-likeness (QED) is 0.771. The monoisotopic (exact) mass is 213 g/mol. The van der Waals surface area contributed by atoms with E-state index in [1.807, 2.05) is 20.8 Å². The maximum atomic E-state index is 11.4. The number of likely N-dealkylation sites (tertiary alicyclic amines) is 1. The van der Waals surface area contributed by atoms with Crippen molar-refractivity contribution < 1.29 is 9.90 Å². The van der Waals surface area contributed by atoms with Crippen molar-refractivity contribution in [2.24, 2.45) is 5.41 Å². The molecule has 1 rings (SSSR count). The first-order chi connectivity index (χ1) is 6.73. The largest absolute Gasteiger partial charge is 0.390 e. The predicted molar refractivity (Wildman–Crippen MR) is 60.8 cm³/mol. The molecule has 0 amide bonds. The van der Waals surface area contributed by atoms with Gasteiger partial charge in [-0.15, -0.1) is 0 Å². The molecular formula is C12H23NO2. The van der Waals surface area contributed by atoms with Gasteiger partial charge in [-0.3, -0.25) is 4.79 Å². The maximum Gasteiger partial charge on any atom is 0.136 e. The highest BCUT2D eigenvalue weighted by atomic mass is 16.3. The molecule has 3 heteroatoms. The van der Waals surface area contributed by atoms with E-state index in [9.17, 15) is 9.90 Å². The topological polar surface area (TPSA) is 40.5 Å². The van der Waals surface area contributed by atoms with Crippen molar-refractivity contribution >= 4 is 5.78 Å². The molecule has 1 aliphatic rings. The van der Waals surface area contributed by atoms with Crippen molar-refractivity contribution in [3.63, 3.8) is 0 Å². The molecule has 0 spiro atoms. The fourth-order valence-electron chi connectivity index (χ4n) is 1.86. The first-order valence-corrected chi connectivity index (χ1v) is 5.69. The number of Topliss-reactive ketones (excluding diaryl/α,β-unsaturated/α-hetero) is 1. The van der Waals surface area contributed by atoms with Crippen LogP contribution in [0.25, 0.3) is 0 Å². The number of carbonyl (C=O) groups excluding carboxylic acids is 1. The van der Waals surface area contributed by atoms with Gasteiger partial charge in [0.25, 0.3) is 0 Å². The molecule has 0 aliphatic carbocycles. The normalized spacial score (nSPS) is 22.7. The molecule has 88 valence electrons. The lowest BCUT2D eigenvalue weighted by Crippen LogP contribution is -2.47. The van der Waals surface area contributed by atoms with E-state index in [1.165, 1.54) is 0 Å². The predicted octanol–water partition coefficient (Wildman–Crippen LogP) is 1.45. The van der Waals surface area contributed by atoms with Crippen LogP contribution in [0.1, 0.15) is 40.5 Å². The second kappa shape index (κ2) is 4.22. The lowest BCUT2D eigenvalue weighted by molar-refractivity contribution is -0.126. The summed E-state index contributed by atoms with van der Waals surface area (Å²) in [6.07, 6.45) is 1.61. The van der Waals surface area contributed by atoms with E-state index in [0.717, 1.165) is 32.5 Å². The SMILES string of the molecule is CC(=O)C(C)(C)CN1CCC(C)(O)CC1. The third-order valence-electron chi connectivity index (χ3n) is 3.51. The van der Waals surface area contributed by atoms with Crippen molar-refractivity contribution in [3.8, 4) is 0 Å². The average molecular weight is 213 g/mol. The van der Waals surface area contributed by atoms with Gasteiger partial charge >= 0.3 is 0 Å². The van der Waals surface area contributed by atoms with Gasteiger partial charge in [-0.2, -0.15) is 0 Å². The van der Waals surface area contributed by atoms with E-state index < -0.39 is 5.60 Å². The van der Waals surface area contributed by atoms with Gasteiger partial charge < -0.3 is 10.0 Å². The highest BCUT2D eigenvalue weighted by Gasteiger charge is 2.32. The Bertz CT molecular complexity index is 236. The molecule has 0 radical (unpaired) electrons. The molecule has 1 fully saturated rings. The van der Waals surface area contributed by atoms with Gasteiger partial charge in [0.15, 0.2) is 0 Å². The van der Waals surface area contributed by atoms with E-state index >= 15 is 0 Å². The number of hydrogen-bond donors (Lipinski definition) is 1. The van der Waals surface area contributed by atoms with Crippen LogP contribution in [0.3, 0.4) is 0 Å². The molecule has 0 aromatic heterocycles. The number of rotatable bonds is 3. The minimum atomic E-state index is -0.503. The van der Waals surface area contributed by atoms with Crippen molar-refractivity contribution in [2.45, 2.75) is 46.1 Å². The first kappa shape index (κ1) is 12.7. The minimum absolute atomic E-state index is 0.236. The first-order valence-electron chi connectivity index (χ1n) is 5.69. The van der Waals surface area contributed by atoms with Gasteiger partial charge in [-0.1, -0.05) is 13.8 Å². The van der Waals surface area contributed by atoms with Crippen LogP contribution in [0.4, 0.5) is 0 Å². The number of aliphatic hydroxyl groups is 1. The summed E-state index contributed by atoms with van der Waals surface area (Å²) in [7, 11) is 0. The zero-order chi connectivity index (χ0) is 11.7. The van der Waals surface area contributed by atoms with E-state index in [0.29, 0.717) is 0 Å². The number of nitrogens with zero attached hydrogens (tertiary/aromatic N) is 1. The number of carbonyl (C=O) groups is 1. The Morgan fingerprint density at radius 2 is 1.87 bits per heavy atom. The third-order valence-corrected chi connectivity index (χ3v) is 3.51. The van der Waals surface area contributed by atoms with E-state index in [4.69, 9.17) is 0 Å². The molecule has 1 saturated heterocycles. The lowest BCUT2D eigenvalue weighted by Gasteiger charge is -2.39. The molecule has 1 heterocycles. The molecule has 0 aromatic rings. The summed E-state index contributed by atoms with van der Waals surface area (Å²) in [6, 6.07) is 0. The zero-order valence-corrected chi connectivity index (χ0v) is 10.3. The molecule has 0 atom stereocenters. The Labute approximate surface area is 92.5 Å². The lowest BCUT2D eigenvalue weighted by atomic mass is 9.86. The second-order valence-electron chi connectivity index (χ2n) is 5.71. The van der Waals surface area contributed by atoms with Crippen LogP contribution < -0.4 is 0 Å². The highest BCUT2D eigenvalue weighted by molar-refractivity contribution is 5.81. The minimum Gasteiger partial charge on any atom is -0.390 e. The Morgan fingerprint density at radius 3 is 2.27 bits per heavy atom. The molecule has 1 N–H and O–H groups in total. The second-order valence-corrected chi connectivity index (χ2v) is 5.71. The standard InChI is InChI=1S/C12H23NO2/c1-10(14)11(2,3)9-13-7-5-12(4,15)6-8-13/h15H,5-9H2,1-4H3. The summed E-state index contributed by atoms with van der Waals surface area (Å²) < 4.78 is 0. The summed E-state index contributed by atoms with van der Waals surface area (Å²) >= 11 is 0. The molecule has 0 aromatic carbocycles. The molecule has 0 unspecified atom stereocenters. The fraction of sp³-hybridized carbons (Fsp3) is 0.917. The molecule has 0 bridgehead atoms. The van der Waals surface area contributed by atoms with Crippen LogP contribution in [0.2, 0.25) is 0 Å². The van der Waals surface area contributed by atoms with Crippen LogP contribution in [0.15, 0.2) is 0 Å². The van der Waals surface area contributed by atoms with E-state index in [-0.39, 0.29) is 11.2 Å². The maximum absolute atomic E-state index is 11.4. The molecule has 0 saturated carbocycles. The Kier molecular flexibility index (Phi) is 3.56. The average Bonchev–Trinajstić information content (AvgIpc) is 2.08. The summed E-state index contributed by atoms with van der Waals surface area (Å²) in [5.41, 5.74) is -0.764. The molecule has 1 aliphatic heterocycles. The summed E-state index contributed by atoms with van der Waals surface area (Å²) in [5, 5.41) is 9.81. The van der Waals surface area contributed by atoms with Gasteiger partial charge in [0, 0.05) is 25.0 Å². The molecule has 15 heavy (non-hydrogen) atoms. The van der Waals surface area contributed by atoms with Crippen LogP contribution >= 0.6 is 0 Å². The Hall–Kier alpha value is -0.410. The number of hydrogen-bond acceptors (Lipinski definition) is 3. The van der Waals surface area contributed by atoms with Crippen molar-refractivity contribution in [1.82, 2.24) is 4.90 Å². The van der Waals surface area contributed by atoms with Crippen LogP contribution in [-0.4, -0.2) is 41.0 Å². The Morgan fingerprint density at radius 1 is 1.40 bits per heavy atom. The fourth-order valence-corrected chi connectivity index (χ4v) is 1.86. The van der Waals surface area contributed by atoms with Crippen molar-refractivity contribution in [3.05, 3.63) is 0 Å². The van der Waals surface area contributed by atoms with E-state index in [2.05, 4.69) is 4.90 Å². The zero-order valence-electron chi connectivity index (χ0n) is 10.3. The van der Waals surface area contributed by atoms with Crippen LogP contribution in [0.5, 0.6) is 0 Å². The molecular weight excluding hydrogens is 190 g/mol. The smallest absolute Gasteiger partial charge is 0.136 e. The van der Waals surface area contributed by atoms with Crippen LogP contribution in [-0.2, 0) is 4.79 Å². The van der Waals surface area contributed by atoms with Crippen molar-refractivity contribution in [2.75, 3.05) is 19.6 Å². The third kappa shape index (κ3) is 3.58. The summed E-state index contributed by atoms with van der Waals surface area (Å²) in [4.78, 5) is 13.7. The van der Waals surface area contributed by atoms with Crippen LogP contribution in [0, 0.1) is 5.41 Å². The van der Waals surface area contributed by atoms with Gasteiger partial charge in [-0.25, -0.2) is 0 Å². The van der Waals surface area contributed by atoms with Gasteiger partial charge in [0.2, 0.25) is 0 Å². The number of ketones is 1. The van der Waals surface area contributed by atoms with E-state index in [1.54, 1.807) is 6.92 Å². The Balaban J connectivity index is 2.46.